The average molecular weight is 425 g/mol. The van der Waals surface area contributed by atoms with Crippen LogP contribution in [0.2, 0.25) is 0 Å². The summed E-state index contributed by atoms with van der Waals surface area (Å²) in [7, 11) is -3.50. The van der Waals surface area contributed by atoms with E-state index in [2.05, 4.69) is 50.4 Å². The van der Waals surface area contributed by atoms with Crippen LogP contribution in [0, 0.1) is 11.8 Å². The van der Waals surface area contributed by atoms with Gasteiger partial charge in [0, 0.05) is 15.0 Å². The van der Waals surface area contributed by atoms with Crippen LogP contribution in [-0.2, 0) is 10.0 Å². The van der Waals surface area contributed by atoms with Crippen LogP contribution >= 0.6 is 31.9 Å². The Morgan fingerprint density at radius 3 is 2.60 bits per heavy atom. The Kier molecular flexibility index (Phi) is 5.32. The minimum Gasteiger partial charge on any atom is -0.208 e. The first-order valence-corrected chi connectivity index (χ1v) is 9.85. The fourth-order valence-electron chi connectivity index (χ4n) is 2.69. The molecule has 1 aliphatic carbocycles. The van der Waals surface area contributed by atoms with Crippen molar-refractivity contribution in [2.24, 2.45) is 11.8 Å². The van der Waals surface area contributed by atoms with Crippen LogP contribution in [0.3, 0.4) is 0 Å². The number of nitrogens with one attached hydrogen (secondary N) is 1. The van der Waals surface area contributed by atoms with Crippen molar-refractivity contribution in [2.75, 3.05) is 0 Å². The van der Waals surface area contributed by atoms with Gasteiger partial charge in [0.25, 0.3) is 0 Å². The van der Waals surface area contributed by atoms with E-state index in [0.29, 0.717) is 16.3 Å². The molecule has 0 saturated heterocycles. The van der Waals surface area contributed by atoms with Gasteiger partial charge in [0.05, 0.1) is 4.90 Å². The van der Waals surface area contributed by atoms with E-state index in [1.54, 1.807) is 12.1 Å². The molecule has 1 fully saturated rings. The van der Waals surface area contributed by atoms with Crippen molar-refractivity contribution in [3.8, 4) is 0 Å². The Labute approximate surface area is 137 Å². The quantitative estimate of drug-likeness (QED) is 0.785. The largest absolute Gasteiger partial charge is 0.241 e. The van der Waals surface area contributed by atoms with Gasteiger partial charge in [-0.3, -0.25) is 0 Å². The molecule has 0 aliphatic heterocycles. The average Bonchev–Trinajstić information content (AvgIpc) is 2.37. The lowest BCUT2D eigenvalue weighted by molar-refractivity contribution is 0.227. The molecule has 3 unspecified atom stereocenters. The normalized spacial score (nSPS) is 27.5. The van der Waals surface area contributed by atoms with E-state index in [1.807, 2.05) is 6.07 Å². The molecule has 0 bridgehead atoms. The molecule has 0 aromatic heterocycles. The first-order chi connectivity index (χ1) is 9.31. The highest BCUT2D eigenvalue weighted by atomic mass is 79.9. The molecule has 20 heavy (non-hydrogen) atoms. The lowest BCUT2D eigenvalue weighted by Gasteiger charge is -2.34. The molecule has 2 rings (SSSR count). The first-order valence-electron chi connectivity index (χ1n) is 6.78. The Morgan fingerprint density at radius 2 is 1.90 bits per heavy atom. The van der Waals surface area contributed by atoms with Gasteiger partial charge in [-0.2, -0.15) is 0 Å². The minimum absolute atomic E-state index is 0.0228. The molecular formula is C14H19Br2NO2S. The molecule has 0 amide bonds. The van der Waals surface area contributed by atoms with Crippen molar-refractivity contribution in [1.82, 2.24) is 4.72 Å². The summed E-state index contributed by atoms with van der Waals surface area (Å²) in [6, 6.07) is 5.21. The zero-order valence-corrected chi connectivity index (χ0v) is 15.6. The van der Waals surface area contributed by atoms with Gasteiger partial charge in [-0.25, -0.2) is 13.1 Å². The van der Waals surface area contributed by atoms with E-state index in [9.17, 15) is 8.42 Å². The molecule has 112 valence electrons. The molecule has 1 aromatic rings. The van der Waals surface area contributed by atoms with Gasteiger partial charge in [0.1, 0.15) is 0 Å². The van der Waals surface area contributed by atoms with Crippen LogP contribution in [0.25, 0.3) is 0 Å². The van der Waals surface area contributed by atoms with Gasteiger partial charge in [-0.15, -0.1) is 0 Å². The molecule has 1 aliphatic rings. The third-order valence-corrected chi connectivity index (χ3v) is 7.17. The first kappa shape index (κ1) is 16.5. The number of benzene rings is 1. The van der Waals surface area contributed by atoms with Crippen molar-refractivity contribution in [1.29, 1.82) is 0 Å². The van der Waals surface area contributed by atoms with Gasteiger partial charge in [-0.1, -0.05) is 42.6 Å². The maximum atomic E-state index is 12.6. The van der Waals surface area contributed by atoms with Crippen LogP contribution in [0.5, 0.6) is 0 Å². The second-order valence-electron chi connectivity index (χ2n) is 5.57. The van der Waals surface area contributed by atoms with Gasteiger partial charge < -0.3 is 0 Å². The van der Waals surface area contributed by atoms with Crippen molar-refractivity contribution < 1.29 is 8.42 Å². The minimum atomic E-state index is -3.50. The van der Waals surface area contributed by atoms with E-state index < -0.39 is 10.0 Å². The van der Waals surface area contributed by atoms with E-state index >= 15 is 0 Å². The molecule has 1 N–H and O–H groups in total. The molecule has 1 saturated carbocycles. The Bertz CT molecular complexity index is 589. The summed E-state index contributed by atoms with van der Waals surface area (Å²) in [5.74, 6) is 0.923. The van der Waals surface area contributed by atoms with Gasteiger partial charge in [0.15, 0.2) is 0 Å². The fourth-order valence-corrected chi connectivity index (χ4v) is 5.56. The molecule has 3 atom stereocenters. The summed E-state index contributed by atoms with van der Waals surface area (Å²) in [4.78, 5) is 0.289. The standard InChI is InChI=1S/C14H19Br2NO2S/c1-9-4-3-5-13(10(9)2)17-20(18,19)14-8-11(15)6-7-12(14)16/h6-10,13,17H,3-5H2,1-2H3. The second-order valence-corrected chi connectivity index (χ2v) is 9.02. The monoisotopic (exact) mass is 423 g/mol. The highest BCUT2D eigenvalue weighted by Crippen LogP contribution is 2.32. The van der Waals surface area contributed by atoms with Crippen molar-refractivity contribution in [2.45, 2.75) is 44.0 Å². The Hall–Kier alpha value is 0.0900. The van der Waals surface area contributed by atoms with Gasteiger partial charge in [-0.05, 0) is 52.4 Å². The van der Waals surface area contributed by atoms with Crippen LogP contribution in [0.15, 0.2) is 32.0 Å². The predicted octanol–water partition coefficient (Wildman–Crippen LogP) is 4.31. The number of halogens is 2. The highest BCUT2D eigenvalue weighted by molar-refractivity contribution is 9.11. The van der Waals surface area contributed by atoms with Crippen LogP contribution in [-0.4, -0.2) is 14.5 Å². The Balaban J connectivity index is 2.25. The summed E-state index contributed by atoms with van der Waals surface area (Å²) in [5, 5.41) is 0. The highest BCUT2D eigenvalue weighted by Gasteiger charge is 2.31. The van der Waals surface area contributed by atoms with Gasteiger partial charge >= 0.3 is 0 Å². The van der Waals surface area contributed by atoms with Crippen molar-refractivity contribution in [3.63, 3.8) is 0 Å². The van der Waals surface area contributed by atoms with Gasteiger partial charge in [0.2, 0.25) is 10.0 Å². The summed E-state index contributed by atoms with van der Waals surface area (Å²) >= 11 is 6.64. The molecule has 0 spiro atoms. The SMILES string of the molecule is CC1CCCC(NS(=O)(=O)c2cc(Br)ccc2Br)C1C. The molecule has 1 aromatic carbocycles. The zero-order valence-electron chi connectivity index (χ0n) is 11.6. The van der Waals surface area contributed by atoms with Crippen LogP contribution in [0.4, 0.5) is 0 Å². The molecule has 3 nitrogen and oxygen atoms in total. The number of rotatable bonds is 3. The number of hydrogen-bond acceptors (Lipinski definition) is 2. The Morgan fingerprint density at radius 1 is 1.20 bits per heavy atom. The molecular weight excluding hydrogens is 406 g/mol. The lowest BCUT2D eigenvalue weighted by Crippen LogP contribution is -2.43. The topological polar surface area (TPSA) is 46.2 Å². The maximum Gasteiger partial charge on any atom is 0.241 e. The van der Waals surface area contributed by atoms with E-state index in [4.69, 9.17) is 0 Å². The molecule has 0 heterocycles. The number of hydrogen-bond donors (Lipinski definition) is 1. The summed E-state index contributed by atoms with van der Waals surface area (Å²) in [6.45, 7) is 4.33. The summed E-state index contributed by atoms with van der Waals surface area (Å²) in [6.07, 6.45) is 3.18. The van der Waals surface area contributed by atoms with E-state index in [0.717, 1.165) is 17.3 Å². The molecule has 6 heteroatoms. The maximum absolute atomic E-state index is 12.6. The van der Waals surface area contributed by atoms with Crippen LogP contribution in [0.1, 0.15) is 33.1 Å². The zero-order chi connectivity index (χ0) is 14.9. The van der Waals surface area contributed by atoms with Crippen LogP contribution < -0.4 is 4.72 Å². The summed E-state index contributed by atoms with van der Waals surface area (Å²) < 4.78 is 29.4. The smallest absolute Gasteiger partial charge is 0.208 e. The fraction of sp³-hybridized carbons (Fsp3) is 0.571. The van der Waals surface area contributed by atoms with E-state index in [-0.39, 0.29) is 10.9 Å². The molecule has 0 radical (unpaired) electrons. The predicted molar refractivity (Wildman–Crippen MR) is 88.1 cm³/mol. The number of sulfonamides is 1. The lowest BCUT2D eigenvalue weighted by atomic mass is 9.78. The van der Waals surface area contributed by atoms with Crippen molar-refractivity contribution >= 4 is 41.9 Å². The summed E-state index contributed by atoms with van der Waals surface area (Å²) in [5.41, 5.74) is 0. The second kappa shape index (κ2) is 6.46. The third kappa shape index (κ3) is 3.64. The van der Waals surface area contributed by atoms with Crippen molar-refractivity contribution in [3.05, 3.63) is 27.1 Å². The third-order valence-electron chi connectivity index (χ3n) is 4.20. The van der Waals surface area contributed by atoms with E-state index in [1.165, 1.54) is 6.42 Å².